The van der Waals surface area contributed by atoms with E-state index in [2.05, 4.69) is 11.9 Å². The molecule has 6 nitrogen and oxygen atoms in total. The Bertz CT molecular complexity index is 844. The molecule has 8 heteroatoms. The molecule has 3 rings (SSSR count). The molecule has 0 bridgehead atoms. The number of alkyl halides is 2. The summed E-state index contributed by atoms with van der Waals surface area (Å²) in [7, 11) is 1.37. The third-order valence-electron chi connectivity index (χ3n) is 5.13. The summed E-state index contributed by atoms with van der Waals surface area (Å²) >= 11 is 0. The summed E-state index contributed by atoms with van der Waals surface area (Å²) < 4.78 is 28.8. The molecule has 0 aromatic carbocycles. The number of allylic oxidation sites excluding steroid dienone is 1. The highest BCUT2D eigenvalue weighted by atomic mass is 19.3. The van der Waals surface area contributed by atoms with Crippen LogP contribution in [0.25, 0.3) is 0 Å². The Balaban J connectivity index is 1.89. The summed E-state index contributed by atoms with van der Waals surface area (Å²) in [5.41, 5.74) is -0.320. The third kappa shape index (κ3) is 3.29. The van der Waals surface area contributed by atoms with Gasteiger partial charge in [-0.2, -0.15) is 0 Å². The lowest BCUT2D eigenvalue weighted by Crippen LogP contribution is -2.47. The van der Waals surface area contributed by atoms with Crippen LogP contribution >= 0.6 is 0 Å². The van der Waals surface area contributed by atoms with Gasteiger partial charge in [0.25, 0.3) is 11.5 Å². The molecule has 1 saturated carbocycles. The van der Waals surface area contributed by atoms with Crippen LogP contribution in [-0.2, 0) is 20.0 Å². The number of hydrogen-bond acceptors (Lipinski definition) is 3. The Hall–Kier alpha value is -2.25. The normalized spacial score (nSPS) is 20.3. The maximum Gasteiger partial charge on any atom is 0.331 e. The van der Waals surface area contributed by atoms with Crippen LogP contribution in [0.4, 0.5) is 8.78 Å². The molecule has 2 aliphatic rings. The monoisotopic (exact) mass is 353 g/mol. The minimum Gasteiger partial charge on any atom is -0.325 e. The van der Waals surface area contributed by atoms with Crippen molar-refractivity contribution >= 4 is 5.91 Å². The molecular weight excluding hydrogens is 332 g/mol. The van der Waals surface area contributed by atoms with Crippen molar-refractivity contribution in [1.29, 1.82) is 0 Å². The van der Waals surface area contributed by atoms with Crippen LogP contribution in [0.2, 0.25) is 0 Å². The smallest absolute Gasteiger partial charge is 0.325 e. The van der Waals surface area contributed by atoms with Crippen LogP contribution in [0, 0.1) is 5.92 Å². The third-order valence-corrected chi connectivity index (χ3v) is 5.13. The highest BCUT2D eigenvalue weighted by molar-refractivity contribution is 5.96. The SMILES string of the molecule is C=C1Cc2c(n(CCC3CCC(F)(F)CC3)c(=O)n(C)c2=O)C(=O)N1. The van der Waals surface area contributed by atoms with Gasteiger partial charge in [-0.3, -0.25) is 18.7 Å². The Morgan fingerprint density at radius 2 is 1.88 bits per heavy atom. The standard InChI is InChI=1S/C17H21F2N3O3/c1-10-9-12-13(14(23)20-10)22(16(25)21(2)15(12)24)8-5-11-3-6-17(18,19)7-4-11/h11H,1,3-9H2,2H3,(H,20,23). The van der Waals surface area contributed by atoms with E-state index >= 15 is 0 Å². The van der Waals surface area contributed by atoms with Gasteiger partial charge in [-0.25, -0.2) is 13.6 Å². The average molecular weight is 353 g/mol. The van der Waals surface area contributed by atoms with E-state index in [1.807, 2.05) is 0 Å². The first-order valence-corrected chi connectivity index (χ1v) is 8.39. The molecule has 0 spiro atoms. The van der Waals surface area contributed by atoms with E-state index in [4.69, 9.17) is 0 Å². The second-order valence-electron chi connectivity index (χ2n) is 6.95. The molecule has 1 aromatic heterocycles. The highest BCUT2D eigenvalue weighted by Gasteiger charge is 2.35. The number of nitrogens with zero attached hydrogens (tertiary/aromatic N) is 2. The lowest BCUT2D eigenvalue weighted by Gasteiger charge is -2.29. The molecule has 0 radical (unpaired) electrons. The van der Waals surface area contributed by atoms with Gasteiger partial charge in [0, 0.05) is 38.6 Å². The molecule has 136 valence electrons. The molecule has 1 aliphatic heterocycles. The Morgan fingerprint density at radius 1 is 1.24 bits per heavy atom. The van der Waals surface area contributed by atoms with Crippen molar-refractivity contribution < 1.29 is 13.6 Å². The zero-order valence-electron chi connectivity index (χ0n) is 14.1. The average Bonchev–Trinajstić information content (AvgIpc) is 2.54. The molecular formula is C17H21F2N3O3. The van der Waals surface area contributed by atoms with E-state index < -0.39 is 23.1 Å². The topological polar surface area (TPSA) is 73.1 Å². The van der Waals surface area contributed by atoms with Crippen molar-refractivity contribution in [1.82, 2.24) is 14.5 Å². The maximum atomic E-state index is 13.3. The largest absolute Gasteiger partial charge is 0.331 e. The fourth-order valence-electron chi connectivity index (χ4n) is 3.63. The summed E-state index contributed by atoms with van der Waals surface area (Å²) in [5, 5.41) is 2.56. The molecule has 1 amide bonds. The molecule has 0 atom stereocenters. The van der Waals surface area contributed by atoms with Gasteiger partial charge in [0.1, 0.15) is 5.69 Å². The van der Waals surface area contributed by atoms with Crippen LogP contribution in [0.1, 0.15) is 48.2 Å². The summed E-state index contributed by atoms with van der Waals surface area (Å²) in [6, 6.07) is 0. The van der Waals surface area contributed by atoms with Gasteiger partial charge >= 0.3 is 5.69 Å². The molecule has 1 fully saturated rings. The van der Waals surface area contributed by atoms with E-state index in [9.17, 15) is 23.2 Å². The van der Waals surface area contributed by atoms with Gasteiger partial charge in [-0.05, 0) is 25.2 Å². The number of fused-ring (bicyclic) bond motifs is 1. The fraction of sp³-hybridized carbons (Fsp3) is 0.588. The zero-order chi connectivity index (χ0) is 18.4. The van der Waals surface area contributed by atoms with Gasteiger partial charge in [-0.15, -0.1) is 0 Å². The summed E-state index contributed by atoms with van der Waals surface area (Å²) in [4.78, 5) is 37.1. The van der Waals surface area contributed by atoms with Crippen LogP contribution in [0.15, 0.2) is 21.9 Å². The number of halogens is 2. The van der Waals surface area contributed by atoms with E-state index in [-0.39, 0.29) is 43.0 Å². The fourth-order valence-corrected chi connectivity index (χ4v) is 3.63. The number of aromatic nitrogens is 2. The van der Waals surface area contributed by atoms with Gasteiger partial charge in [0.05, 0.1) is 5.56 Å². The Morgan fingerprint density at radius 3 is 2.52 bits per heavy atom. The lowest BCUT2D eigenvalue weighted by molar-refractivity contribution is -0.0468. The Labute approximate surface area is 143 Å². The van der Waals surface area contributed by atoms with E-state index in [1.165, 1.54) is 11.6 Å². The van der Waals surface area contributed by atoms with E-state index in [0.717, 1.165) is 4.57 Å². The van der Waals surface area contributed by atoms with E-state index in [0.29, 0.717) is 25.0 Å². The molecule has 0 saturated heterocycles. The molecule has 1 N–H and O–H groups in total. The molecule has 1 aromatic rings. The van der Waals surface area contributed by atoms with Crippen molar-refractivity contribution in [2.75, 3.05) is 0 Å². The quantitative estimate of drug-likeness (QED) is 0.896. The molecule has 25 heavy (non-hydrogen) atoms. The van der Waals surface area contributed by atoms with Gasteiger partial charge in [0.2, 0.25) is 5.92 Å². The number of hydrogen-bond donors (Lipinski definition) is 1. The number of nitrogens with one attached hydrogen (secondary N) is 1. The first-order valence-electron chi connectivity index (χ1n) is 8.39. The molecule has 1 aliphatic carbocycles. The van der Waals surface area contributed by atoms with Crippen LogP contribution in [0.3, 0.4) is 0 Å². The lowest BCUT2D eigenvalue weighted by atomic mass is 9.85. The van der Waals surface area contributed by atoms with E-state index in [1.54, 1.807) is 0 Å². The number of amides is 1. The van der Waals surface area contributed by atoms with Gasteiger partial charge in [0.15, 0.2) is 0 Å². The number of rotatable bonds is 3. The Kier molecular flexibility index (Phi) is 4.38. The second kappa shape index (κ2) is 6.24. The predicted molar refractivity (Wildman–Crippen MR) is 87.8 cm³/mol. The summed E-state index contributed by atoms with van der Waals surface area (Å²) in [6.07, 6.45) is 1.23. The first kappa shape index (κ1) is 17.6. The maximum absolute atomic E-state index is 13.3. The minimum absolute atomic E-state index is 0.0710. The van der Waals surface area contributed by atoms with Crippen molar-refractivity contribution in [3.05, 3.63) is 44.4 Å². The van der Waals surface area contributed by atoms with Gasteiger partial charge in [-0.1, -0.05) is 6.58 Å². The first-order chi connectivity index (χ1) is 11.7. The number of carbonyl (C=O) groups is 1. The second-order valence-corrected chi connectivity index (χ2v) is 6.95. The van der Waals surface area contributed by atoms with Crippen molar-refractivity contribution in [3.63, 3.8) is 0 Å². The van der Waals surface area contributed by atoms with Crippen molar-refractivity contribution in [2.24, 2.45) is 13.0 Å². The van der Waals surface area contributed by atoms with Crippen molar-refractivity contribution in [3.8, 4) is 0 Å². The minimum atomic E-state index is -2.59. The number of carbonyl (C=O) groups excluding carboxylic acids is 1. The summed E-state index contributed by atoms with van der Waals surface area (Å²) in [6.45, 7) is 3.91. The molecule has 2 heterocycles. The summed E-state index contributed by atoms with van der Waals surface area (Å²) in [5.74, 6) is -3.03. The zero-order valence-corrected chi connectivity index (χ0v) is 14.1. The van der Waals surface area contributed by atoms with Crippen molar-refractivity contribution in [2.45, 2.75) is 51.0 Å². The van der Waals surface area contributed by atoms with Crippen LogP contribution in [0.5, 0.6) is 0 Å². The predicted octanol–water partition coefficient (Wildman–Crippen LogP) is 1.56. The van der Waals surface area contributed by atoms with Crippen LogP contribution in [-0.4, -0.2) is 21.0 Å². The highest BCUT2D eigenvalue weighted by Crippen LogP contribution is 2.37. The van der Waals surface area contributed by atoms with Gasteiger partial charge < -0.3 is 5.32 Å². The molecule has 0 unspecified atom stereocenters. The van der Waals surface area contributed by atoms with Crippen LogP contribution < -0.4 is 16.6 Å².